The first kappa shape index (κ1) is 29.5. The van der Waals surface area contributed by atoms with Gasteiger partial charge in [0.25, 0.3) is 5.96 Å². The normalized spacial score (nSPS) is 13.2. The molecule has 37 heavy (non-hydrogen) atoms. The number of aliphatic imine (C=N–C) groups is 1. The number of nitrogens with zero attached hydrogens (tertiary/aromatic N) is 2. The third kappa shape index (κ3) is 10.8. The first-order valence-corrected chi connectivity index (χ1v) is 12.1. The minimum absolute atomic E-state index is 0.0916. The van der Waals surface area contributed by atoms with Gasteiger partial charge in [0.15, 0.2) is 10.8 Å². The van der Waals surface area contributed by atoms with Crippen LogP contribution in [0.2, 0.25) is 0 Å². The SMILES string of the molecule is CC(C)C[C@H](NC(=O)[C@H](CCCN=C(N)N[N+](=O)[O-])CC(=O)COc1ccc2ccccc2c1)B(O)O. The second-order valence-corrected chi connectivity index (χ2v) is 9.17. The van der Waals surface area contributed by atoms with Crippen molar-refractivity contribution < 1.29 is 29.4 Å². The molecular formula is C24H34BN5O7. The average Bonchev–Trinajstić information content (AvgIpc) is 2.83. The van der Waals surface area contributed by atoms with Gasteiger partial charge in [-0.2, -0.15) is 0 Å². The van der Waals surface area contributed by atoms with Gasteiger partial charge in [0.2, 0.25) is 5.91 Å². The third-order valence-corrected chi connectivity index (χ3v) is 5.58. The number of ether oxygens (including phenoxy) is 1. The van der Waals surface area contributed by atoms with Crippen LogP contribution >= 0.6 is 0 Å². The molecule has 2 rings (SSSR count). The van der Waals surface area contributed by atoms with E-state index in [4.69, 9.17) is 10.5 Å². The van der Waals surface area contributed by atoms with E-state index >= 15 is 0 Å². The quantitative estimate of drug-likeness (QED) is 0.0580. The fourth-order valence-electron chi connectivity index (χ4n) is 3.81. The first-order chi connectivity index (χ1) is 17.5. The number of guanidine groups is 1. The van der Waals surface area contributed by atoms with E-state index in [1.807, 2.05) is 50.2 Å². The highest BCUT2D eigenvalue weighted by atomic mass is 16.7. The van der Waals surface area contributed by atoms with E-state index in [-0.39, 0.29) is 43.7 Å². The van der Waals surface area contributed by atoms with Crippen molar-refractivity contribution in [2.75, 3.05) is 13.2 Å². The molecule has 6 N–H and O–H groups in total. The molecule has 200 valence electrons. The molecule has 0 fully saturated rings. The Kier molecular flexibility index (Phi) is 11.8. The summed E-state index contributed by atoms with van der Waals surface area (Å²) in [7, 11) is -1.75. The summed E-state index contributed by atoms with van der Waals surface area (Å²) in [5.41, 5.74) is 7.13. The molecule has 0 saturated heterocycles. The molecule has 0 bridgehead atoms. The number of nitrogens with two attached hydrogens (primary N) is 1. The molecule has 0 aromatic heterocycles. The summed E-state index contributed by atoms with van der Waals surface area (Å²) in [6, 6.07) is 13.2. The van der Waals surface area contributed by atoms with Gasteiger partial charge in [-0.05, 0) is 48.1 Å². The maximum atomic E-state index is 13.0. The highest BCUT2D eigenvalue weighted by Crippen LogP contribution is 2.21. The van der Waals surface area contributed by atoms with E-state index in [2.05, 4.69) is 10.3 Å². The number of ketones is 1. The molecule has 13 heteroatoms. The molecule has 12 nitrogen and oxygen atoms in total. The zero-order valence-corrected chi connectivity index (χ0v) is 21.0. The Morgan fingerprint density at radius 1 is 1.19 bits per heavy atom. The molecule has 0 saturated carbocycles. The minimum atomic E-state index is -1.75. The van der Waals surface area contributed by atoms with Crippen molar-refractivity contribution in [3.8, 4) is 5.75 Å². The van der Waals surface area contributed by atoms with Crippen molar-refractivity contribution in [3.05, 3.63) is 52.6 Å². The van der Waals surface area contributed by atoms with Crippen molar-refractivity contribution in [2.45, 2.75) is 45.5 Å². The summed E-state index contributed by atoms with van der Waals surface area (Å²) < 4.78 is 5.65. The van der Waals surface area contributed by atoms with Gasteiger partial charge in [-0.25, -0.2) is 15.1 Å². The summed E-state index contributed by atoms with van der Waals surface area (Å²) in [5.74, 6) is -2.25. The summed E-state index contributed by atoms with van der Waals surface area (Å²) >= 11 is 0. The number of carbonyl (C=O) groups is 2. The van der Waals surface area contributed by atoms with Gasteiger partial charge >= 0.3 is 7.12 Å². The number of hydrogen-bond acceptors (Lipinski definition) is 8. The summed E-state index contributed by atoms with van der Waals surface area (Å²) in [4.78, 5) is 39.9. The lowest BCUT2D eigenvalue weighted by Gasteiger charge is -2.23. The number of hydrazine groups is 1. The van der Waals surface area contributed by atoms with Crippen LogP contribution in [0.1, 0.15) is 39.5 Å². The van der Waals surface area contributed by atoms with E-state index in [0.29, 0.717) is 18.6 Å². The van der Waals surface area contributed by atoms with Gasteiger partial charge < -0.3 is 25.8 Å². The molecule has 0 spiro atoms. The lowest BCUT2D eigenvalue weighted by molar-refractivity contribution is -0.525. The van der Waals surface area contributed by atoms with E-state index in [0.717, 1.165) is 10.8 Å². The van der Waals surface area contributed by atoms with E-state index in [1.54, 1.807) is 11.5 Å². The number of carbonyl (C=O) groups excluding carboxylic acids is 2. The van der Waals surface area contributed by atoms with Gasteiger partial charge in [0.1, 0.15) is 12.4 Å². The van der Waals surface area contributed by atoms with Crippen LogP contribution in [-0.4, -0.2) is 58.9 Å². The molecule has 0 radical (unpaired) electrons. The number of fused-ring (bicyclic) bond motifs is 1. The maximum absolute atomic E-state index is 13.0. The highest BCUT2D eigenvalue weighted by Gasteiger charge is 2.30. The molecule has 2 aromatic carbocycles. The molecular weight excluding hydrogens is 481 g/mol. The molecule has 2 aromatic rings. The zero-order chi connectivity index (χ0) is 27.4. The van der Waals surface area contributed by atoms with Crippen LogP contribution in [0.25, 0.3) is 10.8 Å². The number of nitro groups is 1. The lowest BCUT2D eigenvalue weighted by Crippen LogP contribution is -2.49. The van der Waals surface area contributed by atoms with E-state index < -0.39 is 29.9 Å². The second-order valence-electron chi connectivity index (χ2n) is 9.17. The maximum Gasteiger partial charge on any atom is 0.475 e. The lowest BCUT2D eigenvalue weighted by atomic mass is 9.74. The second kappa shape index (κ2) is 14.8. The van der Waals surface area contributed by atoms with Crippen LogP contribution in [0, 0.1) is 22.0 Å². The molecule has 0 aliphatic heterocycles. The summed E-state index contributed by atoms with van der Waals surface area (Å²) in [6.45, 7) is 3.62. The summed E-state index contributed by atoms with van der Waals surface area (Å²) in [5, 5.41) is 33.5. The average molecular weight is 515 g/mol. The van der Waals surface area contributed by atoms with Crippen LogP contribution in [-0.2, 0) is 9.59 Å². The third-order valence-electron chi connectivity index (χ3n) is 5.58. The number of nitrogens with one attached hydrogen (secondary N) is 2. The van der Waals surface area contributed by atoms with Gasteiger partial charge in [-0.15, -0.1) is 0 Å². The van der Waals surface area contributed by atoms with Gasteiger partial charge in [-0.3, -0.25) is 9.59 Å². The first-order valence-electron chi connectivity index (χ1n) is 12.1. The smallest absolute Gasteiger partial charge is 0.475 e. The monoisotopic (exact) mass is 515 g/mol. The fourth-order valence-corrected chi connectivity index (χ4v) is 3.81. The Morgan fingerprint density at radius 3 is 2.54 bits per heavy atom. The van der Waals surface area contributed by atoms with Gasteiger partial charge in [0, 0.05) is 18.9 Å². The van der Waals surface area contributed by atoms with Crippen LogP contribution in [0.15, 0.2) is 47.5 Å². The number of Topliss-reactive ketones (excluding diaryl/α,β-unsaturated/α-hetero) is 1. The predicted molar refractivity (Wildman–Crippen MR) is 140 cm³/mol. The molecule has 0 aliphatic carbocycles. The molecule has 2 atom stereocenters. The standard InChI is InChI=1S/C24H34BN5O7/c1-16(2)12-22(25(33)34)28-23(32)19(8-5-11-27-24(26)29-30(35)36)13-20(31)15-37-21-10-9-17-6-3-4-7-18(17)14-21/h3-4,6-7,9-10,14,16,19,22,33-34H,5,8,11-13,15H2,1-2H3,(H,28,32)(H3,26,27,29)/t19-,22+/m1/s1. The van der Waals surface area contributed by atoms with Crippen LogP contribution in [0.4, 0.5) is 0 Å². The fraction of sp³-hybridized carbons (Fsp3) is 0.458. The van der Waals surface area contributed by atoms with E-state index in [9.17, 15) is 29.8 Å². The molecule has 0 unspecified atom stereocenters. The predicted octanol–water partition coefficient (Wildman–Crippen LogP) is 1.21. The number of benzene rings is 2. The molecule has 0 heterocycles. The van der Waals surface area contributed by atoms with Gasteiger partial charge in [0.05, 0.1) is 5.94 Å². The number of amides is 1. The van der Waals surface area contributed by atoms with Crippen molar-refractivity contribution in [1.82, 2.24) is 10.7 Å². The van der Waals surface area contributed by atoms with Crippen LogP contribution < -0.4 is 21.2 Å². The Balaban J connectivity index is 2.02. The van der Waals surface area contributed by atoms with Crippen LogP contribution in [0.3, 0.4) is 0 Å². The minimum Gasteiger partial charge on any atom is -0.486 e. The number of hydrogen-bond donors (Lipinski definition) is 5. The van der Waals surface area contributed by atoms with Crippen LogP contribution in [0.5, 0.6) is 5.75 Å². The Bertz CT molecular complexity index is 1100. The highest BCUT2D eigenvalue weighted by molar-refractivity contribution is 6.43. The largest absolute Gasteiger partial charge is 0.486 e. The van der Waals surface area contributed by atoms with Crippen molar-refractivity contribution in [1.29, 1.82) is 0 Å². The van der Waals surface area contributed by atoms with Crippen molar-refractivity contribution >= 4 is 35.5 Å². The zero-order valence-electron chi connectivity index (χ0n) is 21.0. The van der Waals surface area contributed by atoms with Gasteiger partial charge in [-0.1, -0.05) is 49.6 Å². The Morgan fingerprint density at radius 2 is 1.89 bits per heavy atom. The van der Waals surface area contributed by atoms with Crippen molar-refractivity contribution in [3.63, 3.8) is 0 Å². The van der Waals surface area contributed by atoms with Crippen molar-refractivity contribution in [2.24, 2.45) is 22.6 Å². The summed E-state index contributed by atoms with van der Waals surface area (Å²) in [6.07, 6.45) is 0.733. The topological polar surface area (TPSA) is 189 Å². The Labute approximate surface area is 215 Å². The number of rotatable bonds is 15. The van der Waals surface area contributed by atoms with E-state index in [1.165, 1.54) is 0 Å². The molecule has 1 amide bonds. The Hall–Kier alpha value is -3.71. The molecule has 0 aliphatic rings.